The number of fused-ring (bicyclic) bond motifs is 3. The zero-order chi connectivity index (χ0) is 28.1. The topological polar surface area (TPSA) is 101 Å². The van der Waals surface area contributed by atoms with Crippen LogP contribution >= 0.6 is 11.6 Å². The molecule has 1 aromatic heterocycles. The molecule has 1 aliphatic heterocycles. The Balaban J connectivity index is 1.22. The number of hydrogen-bond donors (Lipinski definition) is 0. The Morgan fingerprint density at radius 2 is 1.55 bits per heavy atom. The largest absolute Gasteiger partial charge is 0.486 e. The molecular weight excluding hydrogens is 534 g/mol. The highest BCUT2D eigenvalue weighted by Gasteiger charge is 2.33. The number of ether oxygens (including phenoxy) is 3. The van der Waals surface area contributed by atoms with Gasteiger partial charge in [-0.2, -0.15) is 0 Å². The van der Waals surface area contributed by atoms with Crippen LogP contribution in [-0.2, 0) is 4.74 Å². The fraction of sp³-hybridized carbons (Fsp3) is 0.161. The van der Waals surface area contributed by atoms with Gasteiger partial charge in [-0.3, -0.25) is 14.4 Å². The van der Waals surface area contributed by atoms with Crippen molar-refractivity contribution in [1.82, 2.24) is 4.57 Å². The van der Waals surface area contributed by atoms with Crippen molar-refractivity contribution >= 4 is 34.9 Å². The van der Waals surface area contributed by atoms with Crippen molar-refractivity contribution in [3.05, 3.63) is 110 Å². The van der Waals surface area contributed by atoms with Gasteiger partial charge in [0.05, 0.1) is 16.1 Å². The number of benzene rings is 3. The summed E-state index contributed by atoms with van der Waals surface area (Å²) < 4.78 is 18.5. The lowest BCUT2D eigenvalue weighted by Gasteiger charge is -2.20. The molecule has 0 atom stereocenters. The van der Waals surface area contributed by atoms with Crippen molar-refractivity contribution in [2.24, 2.45) is 0 Å². The van der Waals surface area contributed by atoms with E-state index in [0.29, 0.717) is 36.0 Å². The van der Waals surface area contributed by atoms with Gasteiger partial charge in [-0.1, -0.05) is 35.9 Å². The molecule has 0 fully saturated rings. The number of esters is 1. The summed E-state index contributed by atoms with van der Waals surface area (Å²) in [5, 5.41) is -0.181. The van der Waals surface area contributed by atoms with Crippen molar-refractivity contribution in [2.75, 3.05) is 19.8 Å². The Morgan fingerprint density at radius 3 is 2.30 bits per heavy atom. The van der Waals surface area contributed by atoms with E-state index in [1.54, 1.807) is 37.3 Å². The number of nitrogens with zero attached hydrogens (tertiary/aromatic N) is 1. The molecule has 4 aromatic rings. The first kappa shape index (κ1) is 25.6. The average Bonchev–Trinajstić information content (AvgIpc) is 3.27. The molecule has 2 heterocycles. The van der Waals surface area contributed by atoms with Crippen LogP contribution in [0, 0.1) is 13.8 Å². The van der Waals surface area contributed by atoms with Gasteiger partial charge in [0.2, 0.25) is 5.78 Å². The predicted octanol–water partition coefficient (Wildman–Crippen LogP) is 5.33. The SMILES string of the molecule is Cc1cc(C(=O)COC(=O)c2ccc3c(c2Cl)C(=O)c2ccccc2C3=O)c(C)n1-c1ccc2c(c1)OCCO2. The molecule has 0 amide bonds. The average molecular weight is 556 g/mol. The fourth-order valence-electron chi connectivity index (χ4n) is 5.20. The maximum Gasteiger partial charge on any atom is 0.340 e. The van der Waals surface area contributed by atoms with E-state index in [-0.39, 0.29) is 38.6 Å². The highest BCUT2D eigenvalue weighted by Crippen LogP contribution is 2.35. The van der Waals surface area contributed by atoms with Gasteiger partial charge in [0.25, 0.3) is 0 Å². The van der Waals surface area contributed by atoms with Gasteiger partial charge in [0.15, 0.2) is 29.7 Å². The van der Waals surface area contributed by atoms with Crippen LogP contribution in [-0.4, -0.2) is 47.7 Å². The second kappa shape index (κ2) is 9.81. The molecule has 2 aliphatic rings. The van der Waals surface area contributed by atoms with Crippen LogP contribution < -0.4 is 9.47 Å². The summed E-state index contributed by atoms with van der Waals surface area (Å²) in [6.07, 6.45) is 0. The maximum atomic E-state index is 13.1. The summed E-state index contributed by atoms with van der Waals surface area (Å²) in [7, 11) is 0. The van der Waals surface area contributed by atoms with Gasteiger partial charge in [-0.15, -0.1) is 0 Å². The number of ketones is 3. The highest BCUT2D eigenvalue weighted by molar-refractivity contribution is 6.41. The van der Waals surface area contributed by atoms with Gasteiger partial charge in [-0.25, -0.2) is 4.79 Å². The van der Waals surface area contributed by atoms with Crippen LogP contribution in [0.3, 0.4) is 0 Å². The predicted molar refractivity (Wildman–Crippen MR) is 146 cm³/mol. The molecule has 8 nitrogen and oxygen atoms in total. The van der Waals surface area contributed by atoms with Gasteiger partial charge in [-0.05, 0) is 44.2 Å². The molecule has 0 unspecified atom stereocenters. The molecule has 40 heavy (non-hydrogen) atoms. The molecular formula is C31H22ClNO7. The molecule has 0 spiro atoms. The standard InChI is InChI=1S/C31H22ClNO7/c1-16-13-23(17(2)33(16)18-7-10-25-26(14-18)39-12-11-38-25)24(34)15-40-31(37)22-9-8-21-27(28(22)32)30(36)20-6-4-3-5-19(20)29(21)35/h3-10,13-14H,11-12,15H2,1-2H3. The molecule has 1 aliphatic carbocycles. The van der Waals surface area contributed by atoms with Crippen LogP contribution in [0.25, 0.3) is 5.69 Å². The Labute approximate surface area is 234 Å². The molecule has 6 rings (SSSR count). The van der Waals surface area contributed by atoms with Gasteiger partial charge < -0.3 is 18.8 Å². The molecule has 0 saturated heterocycles. The zero-order valence-electron chi connectivity index (χ0n) is 21.6. The lowest BCUT2D eigenvalue weighted by molar-refractivity contribution is 0.0474. The van der Waals surface area contributed by atoms with Crippen LogP contribution in [0.5, 0.6) is 11.5 Å². The number of aryl methyl sites for hydroxylation is 1. The van der Waals surface area contributed by atoms with Crippen molar-refractivity contribution < 1.29 is 33.4 Å². The Hall–Kier alpha value is -4.69. The number of rotatable bonds is 5. The minimum atomic E-state index is -0.874. The van der Waals surface area contributed by atoms with Gasteiger partial charge >= 0.3 is 5.97 Å². The summed E-state index contributed by atoms with van der Waals surface area (Å²) in [5.74, 6) is -0.788. The Kier molecular flexibility index (Phi) is 6.27. The van der Waals surface area contributed by atoms with Crippen LogP contribution in [0.4, 0.5) is 0 Å². The lowest BCUT2D eigenvalue weighted by atomic mass is 9.83. The first-order chi connectivity index (χ1) is 19.3. The van der Waals surface area contributed by atoms with Crippen LogP contribution in [0.2, 0.25) is 5.02 Å². The van der Waals surface area contributed by atoms with Crippen LogP contribution in [0.1, 0.15) is 63.9 Å². The molecule has 200 valence electrons. The molecule has 3 aromatic carbocycles. The van der Waals surface area contributed by atoms with E-state index in [2.05, 4.69) is 0 Å². The molecule has 9 heteroatoms. The number of carbonyl (C=O) groups is 4. The molecule has 0 saturated carbocycles. The molecule has 0 N–H and O–H groups in total. The second-order valence-electron chi connectivity index (χ2n) is 9.50. The number of halogens is 1. The van der Waals surface area contributed by atoms with E-state index in [1.807, 2.05) is 29.7 Å². The number of aromatic nitrogens is 1. The van der Waals surface area contributed by atoms with Gasteiger partial charge in [0.1, 0.15) is 13.2 Å². The number of hydrogen-bond acceptors (Lipinski definition) is 7. The normalized spacial score (nSPS) is 13.5. The third kappa shape index (κ3) is 4.08. The fourth-order valence-corrected chi connectivity index (χ4v) is 5.53. The first-order valence-electron chi connectivity index (χ1n) is 12.6. The minimum absolute atomic E-state index is 0.0471. The van der Waals surface area contributed by atoms with Crippen molar-refractivity contribution in [3.8, 4) is 17.2 Å². The maximum absolute atomic E-state index is 13.1. The highest BCUT2D eigenvalue weighted by atomic mass is 35.5. The molecule has 0 bridgehead atoms. The summed E-state index contributed by atoms with van der Waals surface area (Å²) >= 11 is 6.47. The van der Waals surface area contributed by atoms with Crippen LogP contribution in [0.15, 0.2) is 60.7 Å². The van der Waals surface area contributed by atoms with E-state index in [9.17, 15) is 19.2 Å². The molecule has 0 radical (unpaired) electrons. The van der Waals surface area contributed by atoms with Crippen molar-refractivity contribution in [1.29, 1.82) is 0 Å². The third-order valence-electron chi connectivity index (χ3n) is 7.10. The summed E-state index contributed by atoms with van der Waals surface area (Å²) in [5.41, 5.74) is 3.15. The van der Waals surface area contributed by atoms with Gasteiger partial charge in [0, 0.05) is 45.4 Å². The Morgan fingerprint density at radius 1 is 0.850 bits per heavy atom. The summed E-state index contributed by atoms with van der Waals surface area (Å²) in [6.45, 7) is 4.09. The van der Waals surface area contributed by atoms with Crippen molar-refractivity contribution in [3.63, 3.8) is 0 Å². The monoisotopic (exact) mass is 555 g/mol. The summed E-state index contributed by atoms with van der Waals surface area (Å²) in [6, 6.07) is 16.4. The second-order valence-corrected chi connectivity index (χ2v) is 9.88. The van der Waals surface area contributed by atoms with E-state index >= 15 is 0 Å². The Bertz CT molecular complexity index is 1770. The zero-order valence-corrected chi connectivity index (χ0v) is 22.3. The van der Waals surface area contributed by atoms with Crippen molar-refractivity contribution in [2.45, 2.75) is 13.8 Å². The van der Waals surface area contributed by atoms with E-state index in [0.717, 1.165) is 11.4 Å². The van der Waals surface area contributed by atoms with E-state index in [1.165, 1.54) is 12.1 Å². The minimum Gasteiger partial charge on any atom is -0.486 e. The lowest BCUT2D eigenvalue weighted by Crippen LogP contribution is -2.23. The summed E-state index contributed by atoms with van der Waals surface area (Å²) in [4.78, 5) is 52.1. The first-order valence-corrected chi connectivity index (χ1v) is 12.9. The number of Topliss-reactive ketones (excluding diaryl/α,β-unsaturated/α-hetero) is 1. The quantitative estimate of drug-likeness (QED) is 0.213. The van der Waals surface area contributed by atoms with E-state index < -0.39 is 24.1 Å². The third-order valence-corrected chi connectivity index (χ3v) is 7.49. The smallest absolute Gasteiger partial charge is 0.340 e. The van der Waals surface area contributed by atoms with E-state index in [4.69, 9.17) is 25.8 Å². The number of carbonyl (C=O) groups excluding carboxylic acids is 4.